The fourth-order valence-electron chi connectivity index (χ4n) is 2.19. The molecule has 0 spiro atoms. The van der Waals surface area contributed by atoms with Gasteiger partial charge < -0.3 is 19.5 Å². The number of aliphatic hydroxyl groups excluding tert-OH is 1. The number of carbonyl (C=O) groups is 1. The van der Waals surface area contributed by atoms with Crippen molar-refractivity contribution in [1.29, 1.82) is 0 Å². The minimum atomic E-state index is -0.183. The standard InChI is InChI=1S/C11H20N2O4/c14-7-10-8-17-9-11(15)13(10)2-1-12-3-5-16-6-4-12/h10,14H,1-9H2. The summed E-state index contributed by atoms with van der Waals surface area (Å²) in [6.07, 6.45) is 0. The fraction of sp³-hybridized carbons (Fsp3) is 0.909. The summed E-state index contributed by atoms with van der Waals surface area (Å²) in [5.41, 5.74) is 0. The Morgan fingerprint density at radius 2 is 2.00 bits per heavy atom. The minimum Gasteiger partial charge on any atom is -0.394 e. The molecule has 1 unspecified atom stereocenters. The molecule has 0 saturated carbocycles. The van der Waals surface area contributed by atoms with Crippen molar-refractivity contribution in [3.8, 4) is 0 Å². The minimum absolute atomic E-state index is 0.0245. The molecular formula is C11H20N2O4. The second-order valence-electron chi connectivity index (χ2n) is 4.39. The van der Waals surface area contributed by atoms with Crippen molar-refractivity contribution >= 4 is 5.91 Å². The number of hydrogen-bond donors (Lipinski definition) is 1. The van der Waals surface area contributed by atoms with Gasteiger partial charge in [0.2, 0.25) is 5.91 Å². The van der Waals surface area contributed by atoms with E-state index in [0.717, 1.165) is 32.8 Å². The van der Waals surface area contributed by atoms with Gasteiger partial charge in [-0.15, -0.1) is 0 Å². The third-order valence-electron chi connectivity index (χ3n) is 3.27. The lowest BCUT2D eigenvalue weighted by molar-refractivity contribution is -0.150. The molecule has 1 N–H and O–H groups in total. The van der Waals surface area contributed by atoms with E-state index in [1.165, 1.54) is 0 Å². The molecular weight excluding hydrogens is 224 g/mol. The Morgan fingerprint density at radius 1 is 1.24 bits per heavy atom. The van der Waals surface area contributed by atoms with Crippen LogP contribution in [-0.2, 0) is 14.3 Å². The van der Waals surface area contributed by atoms with Crippen LogP contribution in [0.2, 0.25) is 0 Å². The van der Waals surface area contributed by atoms with Crippen LogP contribution in [0, 0.1) is 0 Å². The third kappa shape index (κ3) is 3.38. The average molecular weight is 244 g/mol. The van der Waals surface area contributed by atoms with Gasteiger partial charge in [-0.2, -0.15) is 0 Å². The SMILES string of the molecule is O=C1COCC(CO)N1CCN1CCOCC1. The van der Waals surface area contributed by atoms with Crippen molar-refractivity contribution in [2.75, 3.05) is 59.2 Å². The van der Waals surface area contributed by atoms with Crippen molar-refractivity contribution in [1.82, 2.24) is 9.80 Å². The van der Waals surface area contributed by atoms with E-state index in [-0.39, 0.29) is 25.2 Å². The lowest BCUT2D eigenvalue weighted by atomic mass is 10.2. The number of rotatable bonds is 4. The Hall–Kier alpha value is -0.690. The summed E-state index contributed by atoms with van der Waals surface area (Å²) in [6.45, 7) is 5.41. The van der Waals surface area contributed by atoms with Gasteiger partial charge in [0.1, 0.15) is 6.61 Å². The van der Waals surface area contributed by atoms with Crippen LogP contribution < -0.4 is 0 Å². The Bertz CT molecular complexity index is 256. The van der Waals surface area contributed by atoms with E-state index in [1.54, 1.807) is 4.90 Å². The maximum absolute atomic E-state index is 11.7. The zero-order chi connectivity index (χ0) is 12.1. The molecule has 2 aliphatic rings. The molecule has 0 aromatic rings. The topological polar surface area (TPSA) is 62.2 Å². The van der Waals surface area contributed by atoms with E-state index >= 15 is 0 Å². The normalized spacial score (nSPS) is 27.5. The van der Waals surface area contributed by atoms with E-state index in [4.69, 9.17) is 9.47 Å². The lowest BCUT2D eigenvalue weighted by Crippen LogP contribution is -2.53. The van der Waals surface area contributed by atoms with E-state index < -0.39 is 0 Å². The molecule has 2 saturated heterocycles. The lowest BCUT2D eigenvalue weighted by Gasteiger charge is -2.36. The number of nitrogens with zero attached hydrogens (tertiary/aromatic N) is 2. The highest BCUT2D eigenvalue weighted by Crippen LogP contribution is 2.08. The number of carbonyl (C=O) groups excluding carboxylic acids is 1. The van der Waals surface area contributed by atoms with Gasteiger partial charge in [0.05, 0.1) is 32.5 Å². The highest BCUT2D eigenvalue weighted by Gasteiger charge is 2.28. The van der Waals surface area contributed by atoms with Gasteiger partial charge in [0, 0.05) is 26.2 Å². The number of amides is 1. The second kappa shape index (κ2) is 6.30. The molecule has 98 valence electrons. The molecule has 2 aliphatic heterocycles. The summed E-state index contributed by atoms with van der Waals surface area (Å²) >= 11 is 0. The largest absolute Gasteiger partial charge is 0.394 e. The zero-order valence-corrected chi connectivity index (χ0v) is 10.0. The highest BCUT2D eigenvalue weighted by molar-refractivity contribution is 5.78. The molecule has 0 aliphatic carbocycles. The number of aliphatic hydroxyl groups is 1. The molecule has 0 aromatic heterocycles. The predicted molar refractivity (Wildman–Crippen MR) is 60.7 cm³/mol. The van der Waals surface area contributed by atoms with Crippen molar-refractivity contribution in [2.24, 2.45) is 0 Å². The van der Waals surface area contributed by atoms with Crippen molar-refractivity contribution in [3.63, 3.8) is 0 Å². The third-order valence-corrected chi connectivity index (χ3v) is 3.27. The molecule has 1 atom stereocenters. The van der Waals surface area contributed by atoms with E-state index in [9.17, 15) is 9.90 Å². The molecule has 1 amide bonds. The number of hydrogen-bond acceptors (Lipinski definition) is 5. The fourth-order valence-corrected chi connectivity index (χ4v) is 2.19. The van der Waals surface area contributed by atoms with Crippen molar-refractivity contribution < 1.29 is 19.4 Å². The highest BCUT2D eigenvalue weighted by atomic mass is 16.5. The van der Waals surface area contributed by atoms with Gasteiger partial charge in [0.15, 0.2) is 0 Å². The zero-order valence-electron chi connectivity index (χ0n) is 10.0. The summed E-state index contributed by atoms with van der Waals surface area (Å²) in [6, 6.07) is -0.183. The van der Waals surface area contributed by atoms with Gasteiger partial charge in [-0.25, -0.2) is 0 Å². The monoisotopic (exact) mass is 244 g/mol. The molecule has 6 heteroatoms. The first-order valence-electron chi connectivity index (χ1n) is 6.09. The molecule has 2 heterocycles. The van der Waals surface area contributed by atoms with Gasteiger partial charge in [-0.1, -0.05) is 0 Å². The smallest absolute Gasteiger partial charge is 0.249 e. The summed E-state index contributed by atoms with van der Waals surface area (Å²) in [7, 11) is 0. The van der Waals surface area contributed by atoms with Crippen LogP contribution >= 0.6 is 0 Å². The number of ether oxygens (including phenoxy) is 2. The van der Waals surface area contributed by atoms with Gasteiger partial charge in [0.25, 0.3) is 0 Å². The summed E-state index contributed by atoms with van der Waals surface area (Å²) in [4.78, 5) is 15.7. The molecule has 6 nitrogen and oxygen atoms in total. The van der Waals surface area contributed by atoms with Crippen molar-refractivity contribution in [3.05, 3.63) is 0 Å². The summed E-state index contributed by atoms with van der Waals surface area (Å²) < 4.78 is 10.4. The molecule has 0 radical (unpaired) electrons. The Balaban J connectivity index is 1.80. The Morgan fingerprint density at radius 3 is 2.71 bits per heavy atom. The molecule has 2 rings (SSSR count). The van der Waals surface area contributed by atoms with Crippen LogP contribution in [0.5, 0.6) is 0 Å². The van der Waals surface area contributed by atoms with Crippen molar-refractivity contribution in [2.45, 2.75) is 6.04 Å². The summed E-state index contributed by atoms with van der Waals surface area (Å²) in [5, 5.41) is 9.21. The molecule has 0 bridgehead atoms. The first-order chi connectivity index (χ1) is 8.31. The van der Waals surface area contributed by atoms with Crippen LogP contribution in [0.3, 0.4) is 0 Å². The molecule has 17 heavy (non-hydrogen) atoms. The van der Waals surface area contributed by atoms with Crippen LogP contribution in [0.15, 0.2) is 0 Å². The van der Waals surface area contributed by atoms with Crippen LogP contribution in [0.1, 0.15) is 0 Å². The quantitative estimate of drug-likeness (QED) is 0.655. The first kappa shape index (κ1) is 12.8. The van der Waals surface area contributed by atoms with Crippen LogP contribution in [0.4, 0.5) is 0 Å². The first-order valence-corrected chi connectivity index (χ1v) is 6.09. The predicted octanol–water partition coefficient (Wildman–Crippen LogP) is -1.46. The maximum Gasteiger partial charge on any atom is 0.249 e. The second-order valence-corrected chi connectivity index (χ2v) is 4.39. The van der Waals surface area contributed by atoms with E-state index in [2.05, 4.69) is 4.90 Å². The maximum atomic E-state index is 11.7. The Kier molecular flexibility index (Phi) is 4.73. The van der Waals surface area contributed by atoms with E-state index in [0.29, 0.717) is 13.2 Å². The van der Waals surface area contributed by atoms with Gasteiger partial charge in [-0.3, -0.25) is 9.69 Å². The van der Waals surface area contributed by atoms with Crippen LogP contribution in [0.25, 0.3) is 0 Å². The molecule has 2 fully saturated rings. The molecule has 0 aromatic carbocycles. The number of morpholine rings is 2. The van der Waals surface area contributed by atoms with Gasteiger partial charge in [-0.05, 0) is 0 Å². The Labute approximate surface area is 101 Å². The van der Waals surface area contributed by atoms with Gasteiger partial charge >= 0.3 is 0 Å². The van der Waals surface area contributed by atoms with Crippen LogP contribution in [-0.4, -0.2) is 86.1 Å². The average Bonchev–Trinajstić information content (AvgIpc) is 2.38. The summed E-state index contributed by atoms with van der Waals surface area (Å²) in [5.74, 6) is -0.0245. The van der Waals surface area contributed by atoms with E-state index in [1.807, 2.05) is 0 Å².